The maximum absolute atomic E-state index is 5.89. The maximum Gasteiger partial charge on any atom is 0.257 e. The van der Waals surface area contributed by atoms with Gasteiger partial charge in [-0.1, -0.05) is 12.1 Å². The van der Waals surface area contributed by atoms with E-state index in [2.05, 4.69) is 15.3 Å². The van der Waals surface area contributed by atoms with Gasteiger partial charge in [0.05, 0.1) is 17.6 Å². The Hall–Kier alpha value is -1.59. The first-order chi connectivity index (χ1) is 9.33. The van der Waals surface area contributed by atoms with Crippen molar-refractivity contribution in [2.45, 2.75) is 12.8 Å². The lowest BCUT2D eigenvalue weighted by Crippen LogP contribution is -2.30. The number of fused-ring (bicyclic) bond motifs is 1. The summed E-state index contributed by atoms with van der Waals surface area (Å²) in [5.41, 5.74) is 7.51. The highest BCUT2D eigenvalue weighted by Gasteiger charge is 2.15. The Morgan fingerprint density at radius 3 is 2.50 bits per heavy atom. The standard InChI is InChI=1S/C14H18N4O.ClH/c15-13-14(19-9-10-5-7-16-8-6-10)18-12-4-2-1-3-11(12)17-13;/h1-4,10,16H,5-9H2,(H2,15,17);1H. The minimum Gasteiger partial charge on any atom is -0.475 e. The molecule has 0 amide bonds. The highest BCUT2D eigenvalue weighted by molar-refractivity contribution is 5.85. The molecule has 6 heteroatoms. The van der Waals surface area contributed by atoms with Crippen molar-refractivity contribution in [2.75, 3.05) is 25.4 Å². The van der Waals surface area contributed by atoms with Crippen LogP contribution in [0.5, 0.6) is 5.88 Å². The molecule has 1 saturated heterocycles. The van der Waals surface area contributed by atoms with Gasteiger partial charge in [-0.05, 0) is 44.0 Å². The number of hydrogen-bond donors (Lipinski definition) is 2. The van der Waals surface area contributed by atoms with Crippen LogP contribution in [0.3, 0.4) is 0 Å². The van der Waals surface area contributed by atoms with Crippen LogP contribution in [0.15, 0.2) is 24.3 Å². The van der Waals surface area contributed by atoms with Gasteiger partial charge in [0.15, 0.2) is 5.82 Å². The molecule has 1 aliphatic heterocycles. The SMILES string of the molecule is Cl.Nc1nc2ccccc2nc1OCC1CCNCC1. The number of nitrogens with two attached hydrogens (primary N) is 1. The van der Waals surface area contributed by atoms with E-state index in [1.807, 2.05) is 24.3 Å². The molecule has 108 valence electrons. The van der Waals surface area contributed by atoms with Crippen LogP contribution in [0, 0.1) is 5.92 Å². The number of anilines is 1. The van der Waals surface area contributed by atoms with E-state index < -0.39 is 0 Å². The summed E-state index contributed by atoms with van der Waals surface area (Å²) >= 11 is 0. The van der Waals surface area contributed by atoms with E-state index in [1.165, 1.54) is 0 Å². The average molecular weight is 295 g/mol. The van der Waals surface area contributed by atoms with Crippen molar-refractivity contribution in [2.24, 2.45) is 5.92 Å². The van der Waals surface area contributed by atoms with Crippen molar-refractivity contribution in [1.82, 2.24) is 15.3 Å². The molecule has 0 bridgehead atoms. The summed E-state index contributed by atoms with van der Waals surface area (Å²) in [6, 6.07) is 7.67. The van der Waals surface area contributed by atoms with E-state index in [-0.39, 0.29) is 12.4 Å². The zero-order chi connectivity index (χ0) is 13.1. The number of hydrogen-bond acceptors (Lipinski definition) is 5. The lowest BCUT2D eigenvalue weighted by molar-refractivity contribution is 0.210. The van der Waals surface area contributed by atoms with Crippen molar-refractivity contribution in [3.8, 4) is 5.88 Å². The Labute approximate surface area is 124 Å². The van der Waals surface area contributed by atoms with Gasteiger partial charge in [-0.3, -0.25) is 0 Å². The quantitative estimate of drug-likeness (QED) is 0.906. The molecule has 0 unspecified atom stereocenters. The minimum absolute atomic E-state index is 0. The van der Waals surface area contributed by atoms with Crippen molar-refractivity contribution in [3.05, 3.63) is 24.3 Å². The van der Waals surface area contributed by atoms with E-state index in [9.17, 15) is 0 Å². The van der Waals surface area contributed by atoms with Gasteiger partial charge in [0.1, 0.15) is 0 Å². The molecular formula is C14H19ClN4O. The third kappa shape index (κ3) is 3.29. The minimum atomic E-state index is 0. The molecule has 2 heterocycles. The fourth-order valence-corrected chi connectivity index (χ4v) is 2.35. The van der Waals surface area contributed by atoms with Crippen molar-refractivity contribution in [3.63, 3.8) is 0 Å². The van der Waals surface area contributed by atoms with Gasteiger partial charge in [0, 0.05) is 0 Å². The van der Waals surface area contributed by atoms with Gasteiger partial charge < -0.3 is 15.8 Å². The Kier molecular flexibility index (Phi) is 4.98. The second-order valence-corrected chi connectivity index (χ2v) is 4.91. The monoisotopic (exact) mass is 294 g/mol. The number of nitrogens with one attached hydrogen (secondary N) is 1. The normalized spacial score (nSPS) is 15.8. The predicted octanol–water partition coefficient (Wildman–Crippen LogP) is 2.01. The molecule has 3 N–H and O–H groups in total. The molecule has 0 radical (unpaired) electrons. The molecule has 0 aliphatic carbocycles. The second-order valence-electron chi connectivity index (χ2n) is 4.91. The van der Waals surface area contributed by atoms with Crippen LogP contribution in [-0.4, -0.2) is 29.7 Å². The van der Waals surface area contributed by atoms with Crippen molar-refractivity contribution >= 4 is 29.3 Å². The summed E-state index contributed by atoms with van der Waals surface area (Å²) in [6.45, 7) is 2.79. The molecule has 0 atom stereocenters. The number of nitrogens with zero attached hydrogens (tertiary/aromatic N) is 2. The predicted molar refractivity (Wildman–Crippen MR) is 82.3 cm³/mol. The molecule has 3 rings (SSSR count). The Morgan fingerprint density at radius 1 is 1.15 bits per heavy atom. The molecule has 20 heavy (non-hydrogen) atoms. The number of halogens is 1. The average Bonchev–Trinajstić information content (AvgIpc) is 2.46. The third-order valence-corrected chi connectivity index (χ3v) is 3.48. The van der Waals surface area contributed by atoms with Crippen LogP contribution in [0.2, 0.25) is 0 Å². The zero-order valence-electron chi connectivity index (χ0n) is 11.2. The van der Waals surface area contributed by atoms with Gasteiger partial charge in [0.2, 0.25) is 0 Å². The molecule has 0 saturated carbocycles. The lowest BCUT2D eigenvalue weighted by atomic mass is 9.99. The van der Waals surface area contributed by atoms with Crippen LogP contribution < -0.4 is 15.8 Å². The summed E-state index contributed by atoms with van der Waals surface area (Å²) in [6.07, 6.45) is 2.28. The van der Waals surface area contributed by atoms with E-state index in [4.69, 9.17) is 10.5 Å². The summed E-state index contributed by atoms with van der Waals surface area (Å²) < 4.78 is 5.76. The number of ether oxygens (including phenoxy) is 1. The van der Waals surface area contributed by atoms with Gasteiger partial charge >= 0.3 is 0 Å². The van der Waals surface area contributed by atoms with Gasteiger partial charge in [-0.2, -0.15) is 0 Å². The fraction of sp³-hybridized carbons (Fsp3) is 0.429. The molecule has 1 aromatic carbocycles. The second kappa shape index (κ2) is 6.72. The number of nitrogen functional groups attached to an aromatic ring is 1. The van der Waals surface area contributed by atoms with Crippen LogP contribution in [0.25, 0.3) is 11.0 Å². The third-order valence-electron chi connectivity index (χ3n) is 3.48. The highest BCUT2D eigenvalue weighted by Crippen LogP contribution is 2.22. The number of benzene rings is 1. The number of piperidine rings is 1. The van der Waals surface area contributed by atoms with Crippen molar-refractivity contribution < 1.29 is 4.74 Å². The first-order valence-electron chi connectivity index (χ1n) is 6.69. The summed E-state index contributed by atoms with van der Waals surface area (Å²) in [7, 11) is 0. The Bertz CT molecular complexity index is 572. The first kappa shape index (κ1) is 14.8. The smallest absolute Gasteiger partial charge is 0.257 e. The number of para-hydroxylation sites is 2. The fourth-order valence-electron chi connectivity index (χ4n) is 2.35. The van der Waals surface area contributed by atoms with Gasteiger partial charge in [0.25, 0.3) is 5.88 Å². The number of rotatable bonds is 3. The summed E-state index contributed by atoms with van der Waals surface area (Å²) in [5.74, 6) is 1.40. The maximum atomic E-state index is 5.89. The zero-order valence-corrected chi connectivity index (χ0v) is 12.0. The van der Waals surface area contributed by atoms with E-state index >= 15 is 0 Å². The molecule has 5 nitrogen and oxygen atoms in total. The highest BCUT2D eigenvalue weighted by atomic mass is 35.5. The first-order valence-corrected chi connectivity index (χ1v) is 6.69. The van der Waals surface area contributed by atoms with E-state index in [0.29, 0.717) is 24.2 Å². The van der Waals surface area contributed by atoms with E-state index in [1.54, 1.807) is 0 Å². The van der Waals surface area contributed by atoms with Crippen LogP contribution in [0.4, 0.5) is 5.82 Å². The van der Waals surface area contributed by atoms with Crippen molar-refractivity contribution in [1.29, 1.82) is 0 Å². The van der Waals surface area contributed by atoms with E-state index in [0.717, 1.165) is 37.0 Å². The lowest BCUT2D eigenvalue weighted by Gasteiger charge is -2.22. The van der Waals surface area contributed by atoms with Crippen LogP contribution in [0.1, 0.15) is 12.8 Å². The molecule has 1 fully saturated rings. The summed E-state index contributed by atoms with van der Waals surface area (Å²) in [5, 5.41) is 3.34. The largest absolute Gasteiger partial charge is 0.475 e. The number of aromatic nitrogens is 2. The topological polar surface area (TPSA) is 73.1 Å². The van der Waals surface area contributed by atoms with Gasteiger partial charge in [-0.25, -0.2) is 9.97 Å². The molecular weight excluding hydrogens is 276 g/mol. The summed E-state index contributed by atoms with van der Waals surface area (Å²) in [4.78, 5) is 8.75. The molecule has 0 spiro atoms. The Morgan fingerprint density at radius 2 is 1.80 bits per heavy atom. The molecule has 1 aromatic heterocycles. The van der Waals surface area contributed by atoms with Gasteiger partial charge in [-0.15, -0.1) is 12.4 Å². The van der Waals surface area contributed by atoms with Crippen LogP contribution in [-0.2, 0) is 0 Å². The molecule has 2 aromatic rings. The Balaban J connectivity index is 0.00000147. The van der Waals surface area contributed by atoms with Crippen LogP contribution >= 0.6 is 12.4 Å². The molecule has 1 aliphatic rings.